The smallest absolute Gasteiger partial charge is 0.417 e. The van der Waals surface area contributed by atoms with Crippen LogP contribution in [0.5, 0.6) is 0 Å². The predicted molar refractivity (Wildman–Crippen MR) is 109 cm³/mol. The number of hydrogen-bond acceptors (Lipinski definition) is 5. The number of methoxy groups -OCH3 is 1. The second kappa shape index (κ2) is 6.95. The number of benzene rings is 1. The zero-order valence-electron chi connectivity index (χ0n) is 17.2. The van der Waals surface area contributed by atoms with Crippen molar-refractivity contribution in [1.82, 2.24) is 4.98 Å². The molecule has 2 aliphatic carbocycles. The van der Waals surface area contributed by atoms with Crippen LogP contribution in [-0.2, 0) is 27.6 Å². The lowest BCUT2D eigenvalue weighted by Gasteiger charge is -2.45. The molecular formula is C23H24F3N3O2. The van der Waals surface area contributed by atoms with Gasteiger partial charge in [-0.05, 0) is 60.9 Å². The third kappa shape index (κ3) is 3.11. The van der Waals surface area contributed by atoms with Crippen molar-refractivity contribution in [2.75, 3.05) is 13.7 Å². The zero-order valence-corrected chi connectivity index (χ0v) is 17.2. The molecule has 8 heteroatoms. The van der Waals surface area contributed by atoms with E-state index in [2.05, 4.69) is 4.98 Å². The summed E-state index contributed by atoms with van der Waals surface area (Å²) in [5.74, 6) is 0. The van der Waals surface area contributed by atoms with Gasteiger partial charge in [0, 0.05) is 30.5 Å². The summed E-state index contributed by atoms with van der Waals surface area (Å²) in [4.78, 5) is 8.63. The van der Waals surface area contributed by atoms with Crippen LogP contribution in [0.1, 0.15) is 42.4 Å². The number of ether oxygens (including phenoxy) is 2. The number of nitrogens with zero attached hydrogens (tertiary/aromatic N) is 2. The molecule has 2 heterocycles. The summed E-state index contributed by atoms with van der Waals surface area (Å²) in [6, 6.07) is 7.14. The van der Waals surface area contributed by atoms with E-state index in [0.717, 1.165) is 55.5 Å². The van der Waals surface area contributed by atoms with E-state index < -0.39 is 17.3 Å². The van der Waals surface area contributed by atoms with Crippen molar-refractivity contribution in [3.8, 4) is 11.1 Å². The average molecular weight is 431 g/mol. The molecule has 1 aliphatic heterocycles. The minimum atomic E-state index is -4.44. The Morgan fingerprint density at radius 3 is 2.55 bits per heavy atom. The number of halogens is 3. The Labute approximate surface area is 178 Å². The molecular weight excluding hydrogens is 407 g/mol. The SMILES string of the molecule is COC1CCC2(CC1)Cc1ccc(-c3cncc(C(F)(F)F)c3)cc1C21COC(N)=N1. The maximum atomic E-state index is 13.2. The highest BCUT2D eigenvalue weighted by Gasteiger charge is 2.61. The van der Waals surface area contributed by atoms with E-state index in [9.17, 15) is 13.2 Å². The number of nitrogens with two attached hydrogens (primary N) is 1. The Balaban J connectivity index is 1.59. The minimum Gasteiger partial charge on any atom is -0.462 e. The quantitative estimate of drug-likeness (QED) is 0.763. The molecule has 0 amide bonds. The molecule has 1 saturated carbocycles. The van der Waals surface area contributed by atoms with Gasteiger partial charge in [0.1, 0.15) is 12.1 Å². The fraction of sp³-hybridized carbons (Fsp3) is 0.478. The van der Waals surface area contributed by atoms with Gasteiger partial charge in [-0.15, -0.1) is 0 Å². The van der Waals surface area contributed by atoms with Crippen LogP contribution in [0.25, 0.3) is 11.1 Å². The van der Waals surface area contributed by atoms with Crippen molar-refractivity contribution in [3.63, 3.8) is 0 Å². The lowest BCUT2D eigenvalue weighted by Crippen LogP contribution is -2.46. The molecule has 31 heavy (non-hydrogen) atoms. The standard InChI is InChI=1S/C23H24F3N3O2/c1-30-18-4-6-21(7-5-18)10-15-3-2-14(9-19(15)22(21)13-31-20(27)29-22)16-8-17(12-28-11-16)23(24,25)26/h2-3,8-9,11-12,18H,4-7,10,13H2,1H3,(H2,27,29). The maximum absolute atomic E-state index is 13.2. The number of amidine groups is 1. The fourth-order valence-corrected chi connectivity index (χ4v) is 5.66. The van der Waals surface area contributed by atoms with Crippen molar-refractivity contribution in [2.45, 2.75) is 49.9 Å². The highest BCUT2D eigenvalue weighted by molar-refractivity contribution is 5.76. The van der Waals surface area contributed by atoms with Gasteiger partial charge in [0.2, 0.25) is 0 Å². The lowest BCUT2D eigenvalue weighted by molar-refractivity contribution is -0.137. The Bertz CT molecular complexity index is 1040. The third-order valence-corrected chi connectivity index (χ3v) is 7.31. The van der Waals surface area contributed by atoms with Gasteiger partial charge in [-0.1, -0.05) is 12.1 Å². The molecule has 0 saturated heterocycles. The number of pyridine rings is 1. The second-order valence-corrected chi connectivity index (χ2v) is 8.82. The Morgan fingerprint density at radius 1 is 1.13 bits per heavy atom. The first-order chi connectivity index (χ1) is 14.8. The highest BCUT2D eigenvalue weighted by Crippen LogP contribution is 2.61. The molecule has 3 aliphatic rings. The molecule has 164 valence electrons. The van der Waals surface area contributed by atoms with Crippen molar-refractivity contribution < 1.29 is 22.6 Å². The first kappa shape index (κ1) is 20.3. The van der Waals surface area contributed by atoms with Crippen molar-refractivity contribution in [1.29, 1.82) is 0 Å². The maximum Gasteiger partial charge on any atom is 0.417 e. The van der Waals surface area contributed by atoms with E-state index in [1.165, 1.54) is 6.20 Å². The largest absolute Gasteiger partial charge is 0.462 e. The monoisotopic (exact) mass is 431 g/mol. The molecule has 2 aromatic rings. The first-order valence-electron chi connectivity index (χ1n) is 10.4. The topological polar surface area (TPSA) is 69.7 Å². The summed E-state index contributed by atoms with van der Waals surface area (Å²) in [5, 5.41) is 0. The number of fused-ring (bicyclic) bond motifs is 3. The number of aliphatic imine (C=N–C) groups is 1. The molecule has 0 radical (unpaired) electrons. The van der Waals surface area contributed by atoms with E-state index in [1.807, 2.05) is 18.2 Å². The Hall–Kier alpha value is -2.61. The normalized spacial score (nSPS) is 29.8. The van der Waals surface area contributed by atoms with Crippen LogP contribution >= 0.6 is 0 Å². The third-order valence-electron chi connectivity index (χ3n) is 7.31. The summed E-state index contributed by atoms with van der Waals surface area (Å²) in [5.41, 5.74) is 7.73. The van der Waals surface area contributed by atoms with Gasteiger partial charge >= 0.3 is 6.18 Å². The average Bonchev–Trinajstić information content (AvgIpc) is 3.27. The van der Waals surface area contributed by atoms with Crippen molar-refractivity contribution >= 4 is 6.02 Å². The molecule has 1 atom stereocenters. The second-order valence-electron chi connectivity index (χ2n) is 8.82. The highest BCUT2D eigenvalue weighted by atomic mass is 19.4. The molecule has 1 unspecified atom stereocenters. The van der Waals surface area contributed by atoms with Gasteiger partial charge in [0.05, 0.1) is 11.7 Å². The number of rotatable bonds is 2. The lowest BCUT2D eigenvalue weighted by atomic mass is 9.62. The van der Waals surface area contributed by atoms with Crippen LogP contribution in [0.3, 0.4) is 0 Å². The summed E-state index contributed by atoms with van der Waals surface area (Å²) in [6.45, 7) is 0.355. The summed E-state index contributed by atoms with van der Waals surface area (Å²) >= 11 is 0. The fourth-order valence-electron chi connectivity index (χ4n) is 5.66. The number of alkyl halides is 3. The molecule has 2 N–H and O–H groups in total. The van der Waals surface area contributed by atoms with Gasteiger partial charge in [-0.25, -0.2) is 4.99 Å². The molecule has 1 fully saturated rings. The molecule has 5 rings (SSSR count). The van der Waals surface area contributed by atoms with Crippen LogP contribution < -0.4 is 5.73 Å². The Kier molecular flexibility index (Phi) is 4.55. The van der Waals surface area contributed by atoms with E-state index in [0.29, 0.717) is 17.7 Å². The van der Waals surface area contributed by atoms with Crippen LogP contribution in [0, 0.1) is 5.41 Å². The van der Waals surface area contributed by atoms with Crippen LogP contribution in [0.15, 0.2) is 41.7 Å². The predicted octanol–water partition coefficient (Wildman–Crippen LogP) is 4.44. The Morgan fingerprint density at radius 2 is 1.90 bits per heavy atom. The summed E-state index contributed by atoms with van der Waals surface area (Å²) in [6.07, 6.45) is 2.68. The van der Waals surface area contributed by atoms with Gasteiger partial charge in [-0.3, -0.25) is 4.98 Å². The van der Waals surface area contributed by atoms with E-state index in [1.54, 1.807) is 7.11 Å². The number of aromatic nitrogens is 1. The molecule has 1 aromatic heterocycles. The van der Waals surface area contributed by atoms with Crippen molar-refractivity contribution in [2.24, 2.45) is 16.1 Å². The number of hydrogen-bond donors (Lipinski definition) is 1. The molecule has 5 nitrogen and oxygen atoms in total. The molecule has 1 aromatic carbocycles. The summed E-state index contributed by atoms with van der Waals surface area (Å²) in [7, 11) is 1.74. The van der Waals surface area contributed by atoms with Crippen LogP contribution in [-0.4, -0.2) is 30.8 Å². The van der Waals surface area contributed by atoms with Gasteiger partial charge < -0.3 is 15.2 Å². The minimum absolute atomic E-state index is 0.129. The van der Waals surface area contributed by atoms with Gasteiger partial charge in [0.25, 0.3) is 6.02 Å². The molecule has 2 spiro atoms. The van der Waals surface area contributed by atoms with E-state index in [4.69, 9.17) is 20.2 Å². The molecule has 0 bridgehead atoms. The van der Waals surface area contributed by atoms with Gasteiger partial charge in [-0.2, -0.15) is 13.2 Å². The van der Waals surface area contributed by atoms with Crippen LogP contribution in [0.4, 0.5) is 13.2 Å². The first-order valence-corrected chi connectivity index (χ1v) is 10.4. The summed E-state index contributed by atoms with van der Waals surface area (Å²) < 4.78 is 50.8. The van der Waals surface area contributed by atoms with Crippen molar-refractivity contribution in [3.05, 3.63) is 53.3 Å². The van der Waals surface area contributed by atoms with E-state index in [-0.39, 0.29) is 17.5 Å². The van der Waals surface area contributed by atoms with E-state index >= 15 is 0 Å². The van der Waals surface area contributed by atoms with Gasteiger partial charge in [0.15, 0.2) is 0 Å². The zero-order chi connectivity index (χ0) is 21.9. The van der Waals surface area contributed by atoms with Crippen LogP contribution in [0.2, 0.25) is 0 Å².